The molecule has 0 bridgehead atoms. The minimum Gasteiger partial charge on any atom is -0.456 e. The first-order valence-corrected chi connectivity index (χ1v) is 6.08. The summed E-state index contributed by atoms with van der Waals surface area (Å²) >= 11 is 6.00. The molecule has 19 heavy (non-hydrogen) atoms. The fourth-order valence-corrected chi connectivity index (χ4v) is 2.09. The normalized spacial score (nSPS) is 11.1. The third-order valence-corrected chi connectivity index (χ3v) is 3.10. The highest BCUT2D eigenvalue weighted by Crippen LogP contribution is 2.27. The van der Waals surface area contributed by atoms with Crippen molar-refractivity contribution in [3.63, 3.8) is 0 Å². The van der Waals surface area contributed by atoms with E-state index in [1.165, 1.54) is 0 Å². The van der Waals surface area contributed by atoms with Crippen LogP contribution in [0, 0.1) is 0 Å². The van der Waals surface area contributed by atoms with Crippen molar-refractivity contribution < 1.29 is 13.6 Å². The van der Waals surface area contributed by atoms with Gasteiger partial charge in [-0.2, -0.15) is 0 Å². The molecule has 2 N–H and O–H groups in total. The first kappa shape index (κ1) is 12.0. The first-order valence-electron chi connectivity index (χ1n) is 5.70. The zero-order valence-corrected chi connectivity index (χ0v) is 10.6. The van der Waals surface area contributed by atoms with E-state index in [-0.39, 0.29) is 23.8 Å². The van der Waals surface area contributed by atoms with Crippen molar-refractivity contribution in [1.82, 2.24) is 0 Å². The second kappa shape index (κ2) is 4.57. The molecule has 1 aromatic carbocycles. The van der Waals surface area contributed by atoms with Gasteiger partial charge in [-0.1, -0.05) is 23.7 Å². The Kier molecular flexibility index (Phi) is 2.89. The Morgan fingerprint density at radius 3 is 2.68 bits per heavy atom. The molecule has 96 valence electrons. The summed E-state index contributed by atoms with van der Waals surface area (Å²) in [6, 6.07) is 10.2. The Hall–Kier alpha value is -2.04. The van der Waals surface area contributed by atoms with E-state index in [0.717, 1.165) is 5.39 Å². The van der Waals surface area contributed by atoms with Crippen LogP contribution in [-0.4, -0.2) is 5.78 Å². The number of para-hydroxylation sites is 1. The monoisotopic (exact) mass is 275 g/mol. The van der Waals surface area contributed by atoms with Crippen LogP contribution >= 0.6 is 11.6 Å². The zero-order chi connectivity index (χ0) is 13.4. The highest BCUT2D eigenvalue weighted by molar-refractivity contribution is 6.35. The number of halogens is 1. The predicted octanol–water partition coefficient (Wildman–Crippen LogP) is 3.37. The fourth-order valence-electron chi connectivity index (χ4n) is 1.87. The topological polar surface area (TPSA) is 69.4 Å². The summed E-state index contributed by atoms with van der Waals surface area (Å²) in [4.78, 5) is 12.2. The number of hydrogen-bond acceptors (Lipinski definition) is 4. The van der Waals surface area contributed by atoms with Crippen LogP contribution in [0.3, 0.4) is 0 Å². The average molecular weight is 276 g/mol. The lowest BCUT2D eigenvalue weighted by molar-refractivity contribution is 0.0983. The van der Waals surface area contributed by atoms with E-state index in [2.05, 4.69) is 0 Å². The number of ketones is 1. The number of nitrogens with two attached hydrogens (primary N) is 1. The van der Waals surface area contributed by atoms with Gasteiger partial charge in [0.05, 0.1) is 11.6 Å². The summed E-state index contributed by atoms with van der Waals surface area (Å²) in [6.07, 6.45) is 0. The number of furan rings is 2. The third kappa shape index (κ3) is 2.05. The molecule has 0 atom stereocenters. The Morgan fingerprint density at radius 1 is 1.16 bits per heavy atom. The van der Waals surface area contributed by atoms with Crippen LogP contribution in [0.15, 0.2) is 45.2 Å². The van der Waals surface area contributed by atoms with Crippen molar-refractivity contribution in [2.45, 2.75) is 6.54 Å². The van der Waals surface area contributed by atoms with Crippen LogP contribution in [0.1, 0.15) is 22.1 Å². The molecule has 0 amide bonds. The number of hydrogen-bond donors (Lipinski definition) is 1. The van der Waals surface area contributed by atoms with E-state index in [4.69, 9.17) is 26.2 Å². The van der Waals surface area contributed by atoms with E-state index in [0.29, 0.717) is 16.4 Å². The van der Waals surface area contributed by atoms with Crippen LogP contribution < -0.4 is 5.73 Å². The van der Waals surface area contributed by atoms with Gasteiger partial charge < -0.3 is 14.6 Å². The van der Waals surface area contributed by atoms with E-state index in [1.807, 2.05) is 6.07 Å². The van der Waals surface area contributed by atoms with Crippen LogP contribution in [0.2, 0.25) is 5.02 Å². The van der Waals surface area contributed by atoms with Gasteiger partial charge in [-0.05, 0) is 24.3 Å². The van der Waals surface area contributed by atoms with E-state index in [1.54, 1.807) is 30.3 Å². The Morgan fingerprint density at radius 2 is 2.00 bits per heavy atom. The van der Waals surface area contributed by atoms with Crippen LogP contribution in [-0.2, 0) is 6.54 Å². The van der Waals surface area contributed by atoms with Crippen LogP contribution in [0.4, 0.5) is 0 Å². The molecule has 3 aromatic rings. The Bertz CT molecular complexity index is 757. The summed E-state index contributed by atoms with van der Waals surface area (Å²) in [5.74, 6) is 0.626. The number of benzene rings is 1. The minimum absolute atomic E-state index is 0.195. The van der Waals surface area contributed by atoms with Crippen molar-refractivity contribution in [2.24, 2.45) is 5.73 Å². The van der Waals surface area contributed by atoms with Gasteiger partial charge in [0.25, 0.3) is 5.78 Å². The van der Waals surface area contributed by atoms with E-state index < -0.39 is 0 Å². The van der Waals surface area contributed by atoms with Crippen molar-refractivity contribution in [3.8, 4) is 0 Å². The smallest absolute Gasteiger partial charge is 0.263 e. The maximum atomic E-state index is 12.2. The molecule has 4 nitrogen and oxygen atoms in total. The summed E-state index contributed by atoms with van der Waals surface area (Å²) < 4.78 is 10.8. The molecule has 2 heterocycles. The molecule has 0 saturated heterocycles. The molecule has 0 spiro atoms. The van der Waals surface area contributed by atoms with Gasteiger partial charge in [0.15, 0.2) is 17.1 Å². The van der Waals surface area contributed by atoms with Crippen molar-refractivity contribution in [3.05, 3.63) is 58.7 Å². The first-order chi connectivity index (χ1) is 9.19. The minimum atomic E-state index is -0.327. The molecule has 0 aliphatic carbocycles. The lowest BCUT2D eigenvalue weighted by Crippen LogP contribution is -1.98. The second-order valence-corrected chi connectivity index (χ2v) is 4.48. The highest BCUT2D eigenvalue weighted by Gasteiger charge is 2.18. The third-order valence-electron chi connectivity index (χ3n) is 2.81. The summed E-state index contributed by atoms with van der Waals surface area (Å²) in [6.45, 7) is 0.249. The lowest BCUT2D eigenvalue weighted by Gasteiger charge is -1.92. The maximum absolute atomic E-state index is 12.2. The van der Waals surface area contributed by atoms with Gasteiger partial charge in [-0.25, -0.2) is 0 Å². The number of carbonyl (C=O) groups is 1. The average Bonchev–Trinajstić information content (AvgIpc) is 3.05. The summed E-state index contributed by atoms with van der Waals surface area (Å²) in [7, 11) is 0. The Labute approximate surface area is 113 Å². The molecule has 0 aliphatic heterocycles. The Balaban J connectivity index is 2.04. The second-order valence-electron chi connectivity index (χ2n) is 4.07. The van der Waals surface area contributed by atoms with E-state index in [9.17, 15) is 4.79 Å². The van der Waals surface area contributed by atoms with Crippen LogP contribution in [0.25, 0.3) is 11.0 Å². The molecule has 5 heteroatoms. The van der Waals surface area contributed by atoms with Gasteiger partial charge in [-0.3, -0.25) is 4.79 Å². The molecular weight excluding hydrogens is 266 g/mol. The van der Waals surface area contributed by atoms with E-state index >= 15 is 0 Å². The van der Waals surface area contributed by atoms with Gasteiger partial charge in [0.2, 0.25) is 0 Å². The van der Waals surface area contributed by atoms with Gasteiger partial charge in [-0.15, -0.1) is 0 Å². The van der Waals surface area contributed by atoms with Crippen LogP contribution in [0.5, 0.6) is 0 Å². The fraction of sp³-hybridized carbons (Fsp3) is 0.0714. The van der Waals surface area contributed by atoms with Gasteiger partial charge in [0, 0.05) is 5.39 Å². The molecule has 0 radical (unpaired) electrons. The summed E-state index contributed by atoms with van der Waals surface area (Å²) in [5.41, 5.74) is 5.94. The molecule has 0 fully saturated rings. The lowest BCUT2D eigenvalue weighted by atomic mass is 10.2. The van der Waals surface area contributed by atoms with Gasteiger partial charge in [0.1, 0.15) is 5.76 Å². The molecule has 0 aliphatic rings. The summed E-state index contributed by atoms with van der Waals surface area (Å²) in [5, 5.41) is 1.25. The molecule has 0 unspecified atom stereocenters. The zero-order valence-electron chi connectivity index (χ0n) is 9.85. The molecule has 3 rings (SSSR count). The SMILES string of the molecule is NCc1ccc(C(=O)c2cc3cccc(Cl)c3o2)o1. The van der Waals surface area contributed by atoms with Gasteiger partial charge >= 0.3 is 0 Å². The highest BCUT2D eigenvalue weighted by atomic mass is 35.5. The maximum Gasteiger partial charge on any atom is 0.263 e. The molecular formula is C14H10ClNO3. The van der Waals surface area contributed by atoms with Crippen molar-refractivity contribution in [2.75, 3.05) is 0 Å². The number of rotatable bonds is 3. The number of carbonyl (C=O) groups excluding carboxylic acids is 1. The predicted molar refractivity (Wildman–Crippen MR) is 71.3 cm³/mol. The molecule has 2 aromatic heterocycles. The van der Waals surface area contributed by atoms with Crippen molar-refractivity contribution >= 4 is 28.4 Å². The van der Waals surface area contributed by atoms with Crippen molar-refractivity contribution in [1.29, 1.82) is 0 Å². The number of fused-ring (bicyclic) bond motifs is 1. The largest absolute Gasteiger partial charge is 0.456 e. The molecule has 0 saturated carbocycles. The quantitative estimate of drug-likeness (QED) is 0.744. The standard InChI is InChI=1S/C14H10ClNO3/c15-10-3-1-2-8-6-12(19-14(8)10)13(17)11-5-4-9(7-16)18-11/h1-6H,7,16H2.